The van der Waals surface area contributed by atoms with Crippen LogP contribution in [0.15, 0.2) is 12.7 Å². The van der Waals surface area contributed by atoms with E-state index in [1.165, 1.54) is 6.08 Å². The van der Waals surface area contributed by atoms with Crippen molar-refractivity contribution in [1.29, 1.82) is 0 Å². The number of likely N-dealkylation sites (tertiary alicyclic amines) is 1. The number of urea groups is 1. The zero-order chi connectivity index (χ0) is 39.7. The van der Waals surface area contributed by atoms with E-state index in [-0.39, 0.29) is 41.4 Å². The lowest BCUT2D eigenvalue weighted by Crippen LogP contribution is -2.64. The molecule has 1 unspecified atom stereocenters. The first-order chi connectivity index (χ1) is 24.5. The number of carbonyl (C=O) groups is 5. The molecule has 300 valence electrons. The first-order valence-corrected chi connectivity index (χ1v) is 21.5. The van der Waals surface area contributed by atoms with Gasteiger partial charge in [0.05, 0.1) is 22.1 Å². The number of carbonyl (C=O) groups excluding carboxylic acids is 5. The number of hydrogen-bond acceptors (Lipinski definition) is 7. The van der Waals surface area contributed by atoms with Crippen molar-refractivity contribution < 1.29 is 32.4 Å². The van der Waals surface area contributed by atoms with Crippen LogP contribution < -0.4 is 21.3 Å². The zero-order valence-electron chi connectivity index (χ0n) is 33.7. The fourth-order valence-electron chi connectivity index (χ4n) is 9.03. The summed E-state index contributed by atoms with van der Waals surface area (Å²) in [6, 6.07) is -3.50. The third-order valence-corrected chi connectivity index (χ3v) is 15.4. The number of ketones is 1. The van der Waals surface area contributed by atoms with Crippen molar-refractivity contribution in [2.75, 3.05) is 18.8 Å². The fraction of sp³-hybridized carbons (Fsp3) is 0.825. The van der Waals surface area contributed by atoms with E-state index in [1.54, 1.807) is 32.6 Å². The van der Waals surface area contributed by atoms with E-state index in [9.17, 15) is 32.4 Å². The van der Waals surface area contributed by atoms with E-state index < -0.39 is 67.3 Å². The van der Waals surface area contributed by atoms with Gasteiger partial charge in [-0.25, -0.2) is 13.2 Å². The Bertz CT molecular complexity index is 1530. The number of nitrogens with one attached hydrogen (secondary N) is 4. The number of sulfone groups is 1. The molecule has 6 atom stereocenters. The van der Waals surface area contributed by atoms with Crippen molar-refractivity contribution >= 4 is 39.4 Å². The van der Waals surface area contributed by atoms with Gasteiger partial charge in [0.1, 0.15) is 12.1 Å². The average Bonchev–Trinajstić information content (AvgIpc) is 3.90. The summed E-state index contributed by atoms with van der Waals surface area (Å²) < 4.78 is 25.7. The van der Waals surface area contributed by atoms with Crippen LogP contribution in [-0.2, 0) is 29.0 Å². The SMILES string of the molecule is C=CCNC(=O)C(=O)C(CCC1CC1)NC(=O)[C@@H]1[C@@H]2[C@H](CN1C(=O)[C@@H](NC(=O)N[C@](C)(CC(C)C)CS(=O)(=O)C(C)(C)C)C1(C)CCCCC1)C2(C)C. The van der Waals surface area contributed by atoms with Gasteiger partial charge in [-0.3, -0.25) is 19.2 Å². The number of fused-ring (bicyclic) bond motifs is 1. The van der Waals surface area contributed by atoms with Gasteiger partial charge < -0.3 is 26.2 Å². The number of rotatable bonds is 17. The smallest absolute Gasteiger partial charge is 0.315 e. The second-order valence-electron chi connectivity index (χ2n) is 19.1. The van der Waals surface area contributed by atoms with Gasteiger partial charge in [0.2, 0.25) is 17.6 Å². The summed E-state index contributed by atoms with van der Waals surface area (Å²) >= 11 is 0. The van der Waals surface area contributed by atoms with Crippen LogP contribution in [0.1, 0.15) is 127 Å². The monoisotopic (exact) mass is 761 g/mol. The molecule has 0 spiro atoms. The molecular formula is C40H67N5O7S. The standard InChI is InChI=1S/C40H67N5O7S/c1-11-21-41-34(48)31(46)28(18-17-26-15-16-26)42-33(47)30-29-27(38(29,7)8)23-45(30)35(49)32(39(9)19-13-12-14-20-39)43-36(50)44-40(10,22-25(2)3)24-53(51,52)37(4,5)6/h11,25-30,32H,1,12-24H2,2-10H3,(H,41,48)(H,42,47)(H2,43,44,50)/t27-,28?,29-,30-,32+,40+/m0/s1. The first kappa shape index (κ1) is 42.8. The highest BCUT2D eigenvalue weighted by molar-refractivity contribution is 7.92. The molecule has 13 heteroatoms. The average molecular weight is 762 g/mol. The minimum absolute atomic E-state index is 0.0595. The second-order valence-corrected chi connectivity index (χ2v) is 21.9. The van der Waals surface area contributed by atoms with E-state index in [2.05, 4.69) is 41.7 Å². The van der Waals surface area contributed by atoms with Gasteiger partial charge in [-0.15, -0.1) is 6.58 Å². The molecule has 53 heavy (non-hydrogen) atoms. The Morgan fingerprint density at radius 3 is 2.13 bits per heavy atom. The van der Waals surface area contributed by atoms with Crippen molar-refractivity contribution in [3.63, 3.8) is 0 Å². The second kappa shape index (κ2) is 16.0. The lowest BCUT2D eigenvalue weighted by Gasteiger charge is -2.44. The summed E-state index contributed by atoms with van der Waals surface area (Å²) in [5.41, 5.74) is -1.92. The molecule has 4 aliphatic rings. The molecule has 1 saturated heterocycles. The van der Waals surface area contributed by atoms with Gasteiger partial charge in [-0.1, -0.05) is 72.8 Å². The molecule has 0 aromatic heterocycles. The Hall–Kier alpha value is -2.96. The zero-order valence-corrected chi connectivity index (χ0v) is 34.5. The van der Waals surface area contributed by atoms with E-state index in [1.807, 2.05) is 20.8 Å². The van der Waals surface area contributed by atoms with Crippen LogP contribution >= 0.6 is 0 Å². The third kappa shape index (κ3) is 10.0. The van der Waals surface area contributed by atoms with Crippen LogP contribution in [0.5, 0.6) is 0 Å². The van der Waals surface area contributed by atoms with Crippen molar-refractivity contribution in [3.8, 4) is 0 Å². The third-order valence-electron chi connectivity index (χ3n) is 12.5. The van der Waals surface area contributed by atoms with Gasteiger partial charge in [0.15, 0.2) is 9.84 Å². The quantitative estimate of drug-likeness (QED) is 0.123. The number of Topliss-reactive ketones (excluding diaryl/α,β-unsaturated/α-hetero) is 1. The Kier molecular flexibility index (Phi) is 12.9. The van der Waals surface area contributed by atoms with Crippen LogP contribution in [0.3, 0.4) is 0 Å². The molecule has 1 heterocycles. The normalized spacial score (nSPS) is 25.6. The summed E-state index contributed by atoms with van der Waals surface area (Å²) in [4.78, 5) is 70.9. The van der Waals surface area contributed by atoms with E-state index in [0.717, 1.165) is 32.1 Å². The molecule has 5 amide bonds. The molecule has 4 fully saturated rings. The summed E-state index contributed by atoms with van der Waals surface area (Å²) in [5, 5.41) is 11.4. The van der Waals surface area contributed by atoms with Crippen LogP contribution in [0.2, 0.25) is 0 Å². The predicted octanol–water partition coefficient (Wildman–Crippen LogP) is 4.67. The molecule has 3 saturated carbocycles. The van der Waals surface area contributed by atoms with E-state index in [4.69, 9.17) is 0 Å². The lowest BCUT2D eigenvalue weighted by atomic mass is 9.70. The highest BCUT2D eigenvalue weighted by Crippen LogP contribution is 2.65. The topological polar surface area (TPSA) is 171 Å². The molecule has 0 aromatic rings. The first-order valence-electron chi connectivity index (χ1n) is 19.8. The maximum Gasteiger partial charge on any atom is 0.315 e. The Balaban J connectivity index is 1.61. The maximum atomic E-state index is 14.9. The largest absolute Gasteiger partial charge is 0.346 e. The molecule has 3 aliphatic carbocycles. The van der Waals surface area contributed by atoms with Crippen molar-refractivity contribution in [2.24, 2.45) is 34.5 Å². The molecule has 12 nitrogen and oxygen atoms in total. The summed E-state index contributed by atoms with van der Waals surface area (Å²) in [7, 11) is -3.61. The van der Waals surface area contributed by atoms with Crippen LogP contribution in [0.25, 0.3) is 0 Å². The number of hydrogen-bond donors (Lipinski definition) is 4. The number of nitrogens with zero attached hydrogens (tertiary/aromatic N) is 1. The van der Waals surface area contributed by atoms with Gasteiger partial charge in [-0.2, -0.15) is 0 Å². The van der Waals surface area contributed by atoms with Crippen molar-refractivity contribution in [2.45, 2.75) is 155 Å². The van der Waals surface area contributed by atoms with Gasteiger partial charge >= 0.3 is 6.03 Å². The predicted molar refractivity (Wildman–Crippen MR) is 206 cm³/mol. The van der Waals surface area contributed by atoms with Crippen molar-refractivity contribution in [3.05, 3.63) is 12.7 Å². The van der Waals surface area contributed by atoms with Gasteiger partial charge in [-0.05, 0) is 94.3 Å². The highest BCUT2D eigenvalue weighted by atomic mass is 32.2. The lowest BCUT2D eigenvalue weighted by molar-refractivity contribution is -0.146. The minimum Gasteiger partial charge on any atom is -0.346 e. The van der Waals surface area contributed by atoms with E-state index in [0.29, 0.717) is 44.6 Å². The van der Waals surface area contributed by atoms with Crippen molar-refractivity contribution in [1.82, 2.24) is 26.2 Å². The fourth-order valence-corrected chi connectivity index (χ4v) is 10.5. The van der Waals surface area contributed by atoms with Crippen LogP contribution in [-0.4, -0.2) is 90.1 Å². The summed E-state index contributed by atoms with van der Waals surface area (Å²) in [6.45, 7) is 20.8. The minimum atomic E-state index is -3.61. The highest BCUT2D eigenvalue weighted by Gasteiger charge is 2.70. The van der Waals surface area contributed by atoms with Gasteiger partial charge in [0.25, 0.3) is 5.91 Å². The summed E-state index contributed by atoms with van der Waals surface area (Å²) in [5.74, 6) is -2.11. The van der Waals surface area contributed by atoms with Crippen LogP contribution in [0.4, 0.5) is 4.79 Å². The molecular weight excluding hydrogens is 695 g/mol. The molecule has 0 aromatic carbocycles. The summed E-state index contributed by atoms with van der Waals surface area (Å²) in [6.07, 6.45) is 9.25. The number of piperidine rings is 1. The number of amides is 5. The molecule has 0 radical (unpaired) electrons. The Morgan fingerprint density at radius 1 is 0.962 bits per heavy atom. The van der Waals surface area contributed by atoms with Gasteiger partial charge in [0, 0.05) is 13.1 Å². The van der Waals surface area contributed by atoms with E-state index >= 15 is 0 Å². The molecule has 1 aliphatic heterocycles. The maximum absolute atomic E-state index is 14.9. The molecule has 4 N–H and O–H groups in total. The Morgan fingerprint density at radius 2 is 1.58 bits per heavy atom. The molecule has 0 bridgehead atoms. The molecule has 4 rings (SSSR count). The Labute approximate surface area is 318 Å². The van der Waals surface area contributed by atoms with Crippen LogP contribution in [0, 0.1) is 34.5 Å².